The van der Waals surface area contributed by atoms with Crippen molar-refractivity contribution >= 4 is 11.6 Å². The highest BCUT2D eigenvalue weighted by atomic mass is 16.2. The maximum absolute atomic E-state index is 11.3. The van der Waals surface area contributed by atoms with Gasteiger partial charge in [-0.05, 0) is 19.8 Å². The van der Waals surface area contributed by atoms with E-state index in [0.29, 0.717) is 12.3 Å². The SMILES string of the molecule is CC(C)C1=NN(C(C)C)C(=O)C1. The first-order valence-electron chi connectivity index (χ1n) is 4.41. The molecule has 68 valence electrons. The van der Waals surface area contributed by atoms with Gasteiger partial charge in [-0.2, -0.15) is 5.10 Å². The van der Waals surface area contributed by atoms with Gasteiger partial charge >= 0.3 is 0 Å². The van der Waals surface area contributed by atoms with Crippen molar-refractivity contribution in [3.8, 4) is 0 Å². The standard InChI is InChI=1S/C9H16N2O/c1-6(2)8-5-9(12)11(10-8)7(3)4/h6-7H,5H2,1-4H3. The highest BCUT2D eigenvalue weighted by Crippen LogP contribution is 2.16. The third kappa shape index (κ3) is 1.65. The number of amides is 1. The van der Waals surface area contributed by atoms with Crippen LogP contribution in [0, 0.1) is 5.92 Å². The normalized spacial score (nSPS) is 18.0. The Morgan fingerprint density at radius 3 is 2.17 bits per heavy atom. The molecule has 1 aliphatic rings. The van der Waals surface area contributed by atoms with Gasteiger partial charge in [-0.3, -0.25) is 4.79 Å². The van der Waals surface area contributed by atoms with E-state index in [2.05, 4.69) is 18.9 Å². The lowest BCUT2D eigenvalue weighted by Gasteiger charge is -2.15. The average molecular weight is 168 g/mol. The summed E-state index contributed by atoms with van der Waals surface area (Å²) in [6.07, 6.45) is 0.510. The summed E-state index contributed by atoms with van der Waals surface area (Å²) in [4.78, 5) is 11.3. The van der Waals surface area contributed by atoms with Gasteiger partial charge in [0.1, 0.15) is 0 Å². The van der Waals surface area contributed by atoms with Crippen LogP contribution in [0.2, 0.25) is 0 Å². The van der Waals surface area contributed by atoms with Crippen molar-refractivity contribution < 1.29 is 4.79 Å². The summed E-state index contributed by atoms with van der Waals surface area (Å²) < 4.78 is 0. The Bertz CT molecular complexity index is 219. The predicted octanol–water partition coefficient (Wildman–Crippen LogP) is 1.64. The molecule has 0 radical (unpaired) electrons. The molecule has 0 fully saturated rings. The summed E-state index contributed by atoms with van der Waals surface area (Å²) in [5, 5.41) is 5.85. The van der Waals surface area contributed by atoms with E-state index in [1.54, 1.807) is 5.01 Å². The molecule has 0 N–H and O–H groups in total. The fraction of sp³-hybridized carbons (Fsp3) is 0.778. The number of nitrogens with zero attached hydrogens (tertiary/aromatic N) is 2. The predicted molar refractivity (Wildman–Crippen MR) is 48.9 cm³/mol. The molecule has 0 atom stereocenters. The maximum atomic E-state index is 11.3. The second-order valence-corrected chi connectivity index (χ2v) is 3.75. The minimum Gasteiger partial charge on any atom is -0.273 e. The van der Waals surface area contributed by atoms with Crippen LogP contribution >= 0.6 is 0 Å². The molecule has 0 aliphatic carbocycles. The lowest BCUT2D eigenvalue weighted by Crippen LogP contribution is -2.27. The first-order chi connectivity index (χ1) is 5.52. The van der Waals surface area contributed by atoms with Crippen molar-refractivity contribution in [1.82, 2.24) is 5.01 Å². The van der Waals surface area contributed by atoms with Crippen LogP contribution in [0.5, 0.6) is 0 Å². The fourth-order valence-electron chi connectivity index (χ4n) is 1.19. The topological polar surface area (TPSA) is 32.7 Å². The third-order valence-corrected chi connectivity index (χ3v) is 1.98. The molecule has 1 amide bonds. The molecule has 12 heavy (non-hydrogen) atoms. The van der Waals surface area contributed by atoms with Gasteiger partial charge in [-0.25, -0.2) is 5.01 Å². The zero-order valence-corrected chi connectivity index (χ0v) is 8.16. The Morgan fingerprint density at radius 1 is 1.33 bits per heavy atom. The van der Waals surface area contributed by atoms with Gasteiger partial charge in [-0.15, -0.1) is 0 Å². The molecule has 0 aromatic heterocycles. The molecule has 0 saturated heterocycles. The summed E-state index contributed by atoms with van der Waals surface area (Å²) >= 11 is 0. The largest absolute Gasteiger partial charge is 0.273 e. The van der Waals surface area contributed by atoms with Crippen molar-refractivity contribution in [3.05, 3.63) is 0 Å². The summed E-state index contributed by atoms with van der Waals surface area (Å²) in [6, 6.07) is 0.189. The molecule has 1 heterocycles. The highest BCUT2D eigenvalue weighted by molar-refractivity contribution is 6.05. The van der Waals surface area contributed by atoms with Crippen LogP contribution < -0.4 is 0 Å². The fourth-order valence-corrected chi connectivity index (χ4v) is 1.19. The zero-order valence-electron chi connectivity index (χ0n) is 8.16. The molecule has 3 heteroatoms. The molecule has 0 spiro atoms. The Morgan fingerprint density at radius 2 is 1.92 bits per heavy atom. The van der Waals surface area contributed by atoms with Crippen LogP contribution in [0.15, 0.2) is 5.10 Å². The van der Waals surface area contributed by atoms with Crippen LogP contribution in [0.3, 0.4) is 0 Å². The first-order valence-corrected chi connectivity index (χ1v) is 4.41. The smallest absolute Gasteiger partial charge is 0.248 e. The highest BCUT2D eigenvalue weighted by Gasteiger charge is 2.26. The van der Waals surface area contributed by atoms with E-state index in [4.69, 9.17) is 0 Å². The summed E-state index contributed by atoms with van der Waals surface area (Å²) in [6.45, 7) is 8.08. The van der Waals surface area contributed by atoms with E-state index in [1.165, 1.54) is 0 Å². The Hall–Kier alpha value is -0.860. The Kier molecular flexibility index (Phi) is 2.50. The minimum atomic E-state index is 0.133. The lowest BCUT2D eigenvalue weighted by molar-refractivity contribution is -0.130. The third-order valence-electron chi connectivity index (χ3n) is 1.98. The summed E-state index contributed by atoms with van der Waals surface area (Å²) in [5.74, 6) is 0.520. The lowest BCUT2D eigenvalue weighted by atomic mass is 10.1. The number of hydrazone groups is 1. The van der Waals surface area contributed by atoms with Gasteiger partial charge in [0.05, 0.1) is 12.1 Å². The first kappa shape index (κ1) is 9.23. The molecule has 0 aromatic rings. The second kappa shape index (κ2) is 3.25. The van der Waals surface area contributed by atoms with E-state index in [9.17, 15) is 4.79 Å². The summed E-state index contributed by atoms with van der Waals surface area (Å²) in [5.41, 5.74) is 1.01. The number of carbonyl (C=O) groups is 1. The van der Waals surface area contributed by atoms with Crippen LogP contribution in [0.1, 0.15) is 34.1 Å². The van der Waals surface area contributed by atoms with E-state index in [0.717, 1.165) is 5.71 Å². The van der Waals surface area contributed by atoms with E-state index in [-0.39, 0.29) is 11.9 Å². The van der Waals surface area contributed by atoms with Gasteiger partial charge < -0.3 is 0 Å². The van der Waals surface area contributed by atoms with Gasteiger partial charge in [0.25, 0.3) is 0 Å². The van der Waals surface area contributed by atoms with Gasteiger partial charge in [0.15, 0.2) is 0 Å². The van der Waals surface area contributed by atoms with Crippen molar-refractivity contribution in [1.29, 1.82) is 0 Å². The van der Waals surface area contributed by atoms with Gasteiger partial charge in [-0.1, -0.05) is 13.8 Å². The Labute approximate surface area is 73.4 Å². The van der Waals surface area contributed by atoms with E-state index < -0.39 is 0 Å². The average Bonchev–Trinajstić information content (AvgIpc) is 2.30. The molecule has 0 saturated carbocycles. The van der Waals surface area contributed by atoms with Crippen LogP contribution in [0.4, 0.5) is 0 Å². The minimum absolute atomic E-state index is 0.133. The van der Waals surface area contributed by atoms with Crippen molar-refractivity contribution in [2.75, 3.05) is 0 Å². The van der Waals surface area contributed by atoms with Crippen molar-refractivity contribution in [2.45, 2.75) is 40.2 Å². The second-order valence-electron chi connectivity index (χ2n) is 3.75. The van der Waals surface area contributed by atoms with Crippen molar-refractivity contribution in [2.24, 2.45) is 11.0 Å². The molecule has 0 aromatic carbocycles. The number of rotatable bonds is 2. The molecule has 3 nitrogen and oxygen atoms in total. The molecular weight excluding hydrogens is 152 g/mol. The zero-order chi connectivity index (χ0) is 9.30. The van der Waals surface area contributed by atoms with E-state index in [1.807, 2.05) is 13.8 Å². The molecule has 1 rings (SSSR count). The monoisotopic (exact) mass is 168 g/mol. The molecule has 1 aliphatic heterocycles. The number of hydrogen-bond acceptors (Lipinski definition) is 2. The van der Waals surface area contributed by atoms with Gasteiger partial charge in [0, 0.05) is 6.04 Å². The Balaban J connectivity index is 2.73. The van der Waals surface area contributed by atoms with Crippen LogP contribution in [0.25, 0.3) is 0 Å². The van der Waals surface area contributed by atoms with E-state index >= 15 is 0 Å². The summed E-state index contributed by atoms with van der Waals surface area (Å²) in [7, 11) is 0. The molecule has 0 bridgehead atoms. The molecular formula is C9H16N2O. The van der Waals surface area contributed by atoms with Gasteiger partial charge in [0.2, 0.25) is 5.91 Å². The quantitative estimate of drug-likeness (QED) is 0.617. The van der Waals surface area contributed by atoms with Crippen molar-refractivity contribution in [3.63, 3.8) is 0 Å². The van der Waals surface area contributed by atoms with Crippen LogP contribution in [-0.2, 0) is 4.79 Å². The van der Waals surface area contributed by atoms with Crippen LogP contribution in [-0.4, -0.2) is 22.7 Å². The number of carbonyl (C=O) groups excluding carboxylic acids is 1. The maximum Gasteiger partial charge on any atom is 0.248 e. The number of hydrogen-bond donors (Lipinski definition) is 0. The molecule has 0 unspecified atom stereocenters.